The van der Waals surface area contributed by atoms with Crippen molar-refractivity contribution in [3.63, 3.8) is 0 Å². The Morgan fingerprint density at radius 1 is 1.62 bits per heavy atom. The van der Waals surface area contributed by atoms with Crippen molar-refractivity contribution in [2.24, 2.45) is 0 Å². The summed E-state index contributed by atoms with van der Waals surface area (Å²) >= 11 is 0. The largest absolute Gasteiger partial charge is 0.476 e. The zero-order chi connectivity index (χ0) is 9.68. The molecule has 0 amide bonds. The molecule has 1 aromatic rings. The van der Waals surface area contributed by atoms with Gasteiger partial charge in [-0.25, -0.2) is 9.78 Å². The third-order valence-electron chi connectivity index (χ3n) is 1.85. The molecule has 0 aliphatic carbocycles. The lowest BCUT2D eigenvalue weighted by Gasteiger charge is -1.95. The Bertz CT molecular complexity index is 280. The molecule has 0 aromatic carbocycles. The van der Waals surface area contributed by atoms with Gasteiger partial charge in [0.05, 0.1) is 0 Å². The van der Waals surface area contributed by atoms with Crippen molar-refractivity contribution >= 4 is 5.97 Å². The molecule has 13 heavy (non-hydrogen) atoms. The van der Waals surface area contributed by atoms with Gasteiger partial charge in [-0.1, -0.05) is 19.8 Å². The van der Waals surface area contributed by atoms with Crippen LogP contribution in [0.1, 0.15) is 42.4 Å². The normalized spacial score (nSPS) is 10.2. The van der Waals surface area contributed by atoms with Crippen LogP contribution in [0, 0.1) is 0 Å². The van der Waals surface area contributed by atoms with Gasteiger partial charge in [0.15, 0.2) is 12.1 Å². The molecular weight excluding hydrogens is 170 g/mol. The zero-order valence-corrected chi connectivity index (χ0v) is 7.62. The van der Waals surface area contributed by atoms with E-state index in [-0.39, 0.29) is 5.69 Å². The van der Waals surface area contributed by atoms with Gasteiger partial charge in [-0.2, -0.15) is 0 Å². The molecule has 4 heteroatoms. The second kappa shape index (κ2) is 4.64. The van der Waals surface area contributed by atoms with E-state index in [2.05, 4.69) is 11.9 Å². The fourth-order valence-electron chi connectivity index (χ4n) is 1.16. The van der Waals surface area contributed by atoms with Crippen LogP contribution in [-0.2, 0) is 6.42 Å². The minimum absolute atomic E-state index is 0.0519. The maximum atomic E-state index is 10.6. The second-order valence-corrected chi connectivity index (χ2v) is 2.89. The van der Waals surface area contributed by atoms with Gasteiger partial charge in [-0.05, 0) is 6.42 Å². The van der Waals surface area contributed by atoms with Crippen molar-refractivity contribution in [1.82, 2.24) is 4.98 Å². The van der Waals surface area contributed by atoms with Crippen molar-refractivity contribution in [2.45, 2.75) is 32.6 Å². The first-order valence-corrected chi connectivity index (χ1v) is 4.41. The van der Waals surface area contributed by atoms with Crippen LogP contribution in [0.3, 0.4) is 0 Å². The summed E-state index contributed by atoms with van der Waals surface area (Å²) in [6.07, 6.45) is 4.99. The SMILES string of the molecule is CCCCCc1ocnc1C(=O)O. The van der Waals surface area contributed by atoms with Crippen LogP contribution in [0.15, 0.2) is 10.8 Å². The van der Waals surface area contributed by atoms with Crippen molar-refractivity contribution in [1.29, 1.82) is 0 Å². The van der Waals surface area contributed by atoms with Crippen LogP contribution in [0.25, 0.3) is 0 Å². The van der Waals surface area contributed by atoms with Crippen LogP contribution in [0.5, 0.6) is 0 Å². The van der Waals surface area contributed by atoms with Crippen molar-refractivity contribution < 1.29 is 14.3 Å². The summed E-state index contributed by atoms with van der Waals surface area (Å²) in [5.74, 6) is -0.527. The third-order valence-corrected chi connectivity index (χ3v) is 1.85. The molecule has 0 radical (unpaired) electrons. The highest BCUT2D eigenvalue weighted by Gasteiger charge is 2.14. The molecule has 1 aromatic heterocycles. The number of aryl methyl sites for hydroxylation is 1. The number of nitrogens with zero attached hydrogens (tertiary/aromatic N) is 1. The van der Waals surface area contributed by atoms with Gasteiger partial charge in [-0.15, -0.1) is 0 Å². The molecule has 0 atom stereocenters. The van der Waals surface area contributed by atoms with Crippen LogP contribution in [0.4, 0.5) is 0 Å². The van der Waals surface area contributed by atoms with Crippen LogP contribution >= 0.6 is 0 Å². The first-order chi connectivity index (χ1) is 6.25. The second-order valence-electron chi connectivity index (χ2n) is 2.89. The summed E-state index contributed by atoms with van der Waals surface area (Å²) < 4.78 is 4.98. The lowest BCUT2D eigenvalue weighted by atomic mass is 10.1. The minimum atomic E-state index is -1.01. The Labute approximate surface area is 76.6 Å². The Balaban J connectivity index is 2.55. The molecule has 1 rings (SSSR count). The first kappa shape index (κ1) is 9.77. The van der Waals surface area contributed by atoms with Crippen molar-refractivity contribution in [2.75, 3.05) is 0 Å². The quantitative estimate of drug-likeness (QED) is 0.710. The lowest BCUT2D eigenvalue weighted by Crippen LogP contribution is -2.01. The number of aromatic nitrogens is 1. The number of carboxylic acid groups (broad SMARTS) is 1. The summed E-state index contributed by atoms with van der Waals surface area (Å²) in [6.45, 7) is 2.10. The molecule has 0 aliphatic heterocycles. The molecule has 0 saturated heterocycles. The van der Waals surface area contributed by atoms with E-state index in [0.29, 0.717) is 12.2 Å². The summed E-state index contributed by atoms with van der Waals surface area (Å²) in [4.78, 5) is 14.2. The fraction of sp³-hybridized carbons (Fsp3) is 0.556. The standard InChI is InChI=1S/C9H13NO3/c1-2-3-4-5-7-8(9(11)12)10-6-13-7/h6H,2-5H2,1H3,(H,11,12). The molecular formula is C9H13NO3. The average Bonchev–Trinajstić information content (AvgIpc) is 2.53. The molecule has 4 nitrogen and oxygen atoms in total. The van der Waals surface area contributed by atoms with Crippen LogP contribution in [0.2, 0.25) is 0 Å². The monoisotopic (exact) mass is 183 g/mol. The van der Waals surface area contributed by atoms with E-state index in [4.69, 9.17) is 9.52 Å². The Morgan fingerprint density at radius 2 is 2.38 bits per heavy atom. The number of carboxylic acids is 1. The van der Waals surface area contributed by atoms with E-state index in [0.717, 1.165) is 19.3 Å². The van der Waals surface area contributed by atoms with Gasteiger partial charge in [0, 0.05) is 6.42 Å². The van der Waals surface area contributed by atoms with E-state index < -0.39 is 5.97 Å². The zero-order valence-electron chi connectivity index (χ0n) is 7.62. The highest BCUT2D eigenvalue weighted by atomic mass is 16.4. The molecule has 0 bridgehead atoms. The van der Waals surface area contributed by atoms with Gasteiger partial charge in [0.1, 0.15) is 5.76 Å². The van der Waals surface area contributed by atoms with E-state index in [1.54, 1.807) is 0 Å². The molecule has 72 valence electrons. The Hall–Kier alpha value is -1.32. The lowest BCUT2D eigenvalue weighted by molar-refractivity contribution is 0.0688. The summed E-state index contributed by atoms with van der Waals surface area (Å²) in [6, 6.07) is 0. The number of hydrogen-bond acceptors (Lipinski definition) is 3. The van der Waals surface area contributed by atoms with Crippen LogP contribution < -0.4 is 0 Å². The number of hydrogen-bond donors (Lipinski definition) is 1. The smallest absolute Gasteiger partial charge is 0.358 e. The molecule has 1 heterocycles. The highest BCUT2D eigenvalue weighted by Crippen LogP contribution is 2.11. The number of rotatable bonds is 5. The van der Waals surface area contributed by atoms with Gasteiger partial charge >= 0.3 is 5.97 Å². The Morgan fingerprint density at radius 3 is 3.00 bits per heavy atom. The van der Waals surface area contributed by atoms with Gasteiger partial charge in [-0.3, -0.25) is 0 Å². The molecule has 0 fully saturated rings. The number of aromatic carboxylic acids is 1. The highest BCUT2D eigenvalue weighted by molar-refractivity contribution is 5.86. The van der Waals surface area contributed by atoms with E-state index in [9.17, 15) is 4.79 Å². The van der Waals surface area contributed by atoms with E-state index in [1.165, 1.54) is 6.39 Å². The number of carbonyl (C=O) groups is 1. The fourth-order valence-corrected chi connectivity index (χ4v) is 1.16. The van der Waals surface area contributed by atoms with E-state index >= 15 is 0 Å². The van der Waals surface area contributed by atoms with Gasteiger partial charge in [0.2, 0.25) is 0 Å². The maximum Gasteiger partial charge on any atom is 0.358 e. The third kappa shape index (κ3) is 2.57. The van der Waals surface area contributed by atoms with Crippen molar-refractivity contribution in [3.8, 4) is 0 Å². The maximum absolute atomic E-state index is 10.6. The first-order valence-electron chi connectivity index (χ1n) is 4.41. The minimum Gasteiger partial charge on any atom is -0.476 e. The predicted molar refractivity (Wildman–Crippen MR) is 46.7 cm³/mol. The van der Waals surface area contributed by atoms with Crippen LogP contribution in [-0.4, -0.2) is 16.1 Å². The summed E-state index contributed by atoms with van der Waals surface area (Å²) in [5.41, 5.74) is 0.0519. The molecule has 0 saturated carbocycles. The van der Waals surface area contributed by atoms with Gasteiger partial charge < -0.3 is 9.52 Å². The Kier molecular flexibility index (Phi) is 3.49. The predicted octanol–water partition coefficient (Wildman–Crippen LogP) is 2.11. The summed E-state index contributed by atoms with van der Waals surface area (Å²) in [7, 11) is 0. The topological polar surface area (TPSA) is 63.3 Å². The molecule has 0 aliphatic rings. The van der Waals surface area contributed by atoms with Gasteiger partial charge in [0.25, 0.3) is 0 Å². The van der Waals surface area contributed by atoms with E-state index in [1.807, 2.05) is 0 Å². The molecule has 1 N–H and O–H groups in total. The molecule has 0 unspecified atom stereocenters. The number of oxazole rings is 1. The molecule has 0 spiro atoms. The van der Waals surface area contributed by atoms with Crippen molar-refractivity contribution in [3.05, 3.63) is 17.8 Å². The average molecular weight is 183 g/mol. The summed E-state index contributed by atoms with van der Waals surface area (Å²) in [5, 5.41) is 8.69. The number of unbranched alkanes of at least 4 members (excludes halogenated alkanes) is 2.